The van der Waals surface area contributed by atoms with Crippen molar-refractivity contribution in [3.05, 3.63) is 11.9 Å². The van der Waals surface area contributed by atoms with Gasteiger partial charge in [-0.1, -0.05) is 20.8 Å². The molecule has 2 heterocycles. The van der Waals surface area contributed by atoms with Crippen molar-refractivity contribution in [1.29, 1.82) is 0 Å². The van der Waals surface area contributed by atoms with Gasteiger partial charge in [-0.05, 0) is 24.7 Å². The zero-order valence-electron chi connectivity index (χ0n) is 14.0. The van der Waals surface area contributed by atoms with Crippen molar-refractivity contribution < 1.29 is 13.2 Å². The Labute approximate surface area is 137 Å². The normalized spacial score (nSPS) is 19.9. The molecule has 1 aliphatic rings. The van der Waals surface area contributed by atoms with Gasteiger partial charge in [0, 0.05) is 13.1 Å². The largest absolute Gasteiger partial charge is 0.338 e. The lowest BCUT2D eigenvalue weighted by Crippen LogP contribution is -2.33. The molecule has 0 aliphatic carbocycles. The number of carbonyl (C=O) groups excluding carboxylic acids is 1. The second kappa shape index (κ2) is 7.33. The fourth-order valence-electron chi connectivity index (χ4n) is 2.83. The molecule has 1 unspecified atom stereocenters. The van der Waals surface area contributed by atoms with Crippen molar-refractivity contribution in [3.8, 4) is 0 Å². The molecule has 23 heavy (non-hydrogen) atoms. The van der Waals surface area contributed by atoms with Gasteiger partial charge in [-0.25, -0.2) is 13.2 Å². The maximum Gasteiger partial charge on any atom is 0.319 e. The number of anilines is 1. The molecule has 1 aromatic heterocycles. The minimum absolute atomic E-state index is 0.0139. The summed E-state index contributed by atoms with van der Waals surface area (Å²) in [7, 11) is -2.91. The van der Waals surface area contributed by atoms with E-state index in [-0.39, 0.29) is 23.5 Å². The maximum atomic E-state index is 12.0. The van der Waals surface area contributed by atoms with Gasteiger partial charge in [0.05, 0.1) is 29.1 Å². The molecule has 0 radical (unpaired) electrons. The van der Waals surface area contributed by atoms with Crippen LogP contribution in [-0.4, -0.2) is 42.3 Å². The molecule has 0 saturated carbocycles. The van der Waals surface area contributed by atoms with E-state index < -0.39 is 9.84 Å². The van der Waals surface area contributed by atoms with Crippen LogP contribution in [0.1, 0.15) is 32.9 Å². The summed E-state index contributed by atoms with van der Waals surface area (Å²) in [6.07, 6.45) is 3.07. The van der Waals surface area contributed by atoms with Crippen LogP contribution in [0.25, 0.3) is 0 Å². The zero-order chi connectivity index (χ0) is 17.0. The van der Waals surface area contributed by atoms with Gasteiger partial charge in [-0.3, -0.25) is 4.68 Å². The third kappa shape index (κ3) is 4.95. The Bertz CT molecular complexity index is 652. The number of sulfone groups is 1. The lowest BCUT2D eigenvalue weighted by Gasteiger charge is -2.12. The second-order valence-corrected chi connectivity index (χ2v) is 8.77. The highest BCUT2D eigenvalue weighted by Crippen LogP contribution is 2.18. The Morgan fingerprint density at radius 3 is 2.78 bits per heavy atom. The molecule has 7 nitrogen and oxygen atoms in total. The SMILES string of the molecule is CCc1c(NC(=O)NCC2CCS(=O)(=O)C2)cnn1CC(C)C. The van der Waals surface area contributed by atoms with E-state index in [1.54, 1.807) is 6.20 Å². The molecule has 2 N–H and O–H groups in total. The van der Waals surface area contributed by atoms with E-state index in [0.717, 1.165) is 18.7 Å². The van der Waals surface area contributed by atoms with Crippen LogP contribution in [0, 0.1) is 11.8 Å². The van der Waals surface area contributed by atoms with Gasteiger partial charge in [0.2, 0.25) is 0 Å². The summed E-state index contributed by atoms with van der Waals surface area (Å²) in [5, 5.41) is 9.91. The summed E-state index contributed by atoms with van der Waals surface area (Å²) in [6, 6.07) is -0.312. The van der Waals surface area contributed by atoms with Crippen LogP contribution in [0.2, 0.25) is 0 Å². The molecule has 130 valence electrons. The molecule has 0 aromatic carbocycles. The second-order valence-electron chi connectivity index (χ2n) is 6.54. The van der Waals surface area contributed by atoms with Gasteiger partial charge >= 0.3 is 6.03 Å². The molecule has 2 rings (SSSR count). The Morgan fingerprint density at radius 1 is 1.48 bits per heavy atom. The molecule has 1 aliphatic heterocycles. The first-order valence-electron chi connectivity index (χ1n) is 8.10. The van der Waals surface area contributed by atoms with Crippen molar-refractivity contribution >= 4 is 21.6 Å². The van der Waals surface area contributed by atoms with Crippen molar-refractivity contribution in [3.63, 3.8) is 0 Å². The standard InChI is InChI=1S/C15H26N4O3S/c1-4-14-13(8-17-19(14)9-11(2)3)18-15(20)16-7-12-5-6-23(21,22)10-12/h8,11-12H,4-7,9-10H2,1-3H3,(H2,16,18,20). The fourth-order valence-corrected chi connectivity index (χ4v) is 4.69. The van der Waals surface area contributed by atoms with Crippen LogP contribution in [0.3, 0.4) is 0 Å². The molecule has 8 heteroatoms. The first kappa shape index (κ1) is 17.8. The Hall–Kier alpha value is -1.57. The van der Waals surface area contributed by atoms with Gasteiger partial charge < -0.3 is 10.6 Å². The third-order valence-corrected chi connectivity index (χ3v) is 5.78. The van der Waals surface area contributed by atoms with Crippen LogP contribution in [-0.2, 0) is 22.8 Å². The Balaban J connectivity index is 1.89. The topological polar surface area (TPSA) is 93.1 Å². The van der Waals surface area contributed by atoms with Crippen LogP contribution in [0.4, 0.5) is 10.5 Å². The van der Waals surface area contributed by atoms with E-state index in [0.29, 0.717) is 24.6 Å². The molecule has 1 aromatic rings. The lowest BCUT2D eigenvalue weighted by atomic mass is 10.1. The monoisotopic (exact) mass is 342 g/mol. The average Bonchev–Trinajstić information content (AvgIpc) is 2.99. The third-order valence-electron chi connectivity index (χ3n) is 3.95. The Morgan fingerprint density at radius 2 is 2.22 bits per heavy atom. The number of amides is 2. The van der Waals surface area contributed by atoms with Crippen LogP contribution in [0.15, 0.2) is 6.20 Å². The molecule has 2 amide bonds. The van der Waals surface area contributed by atoms with E-state index in [1.807, 2.05) is 11.6 Å². The van der Waals surface area contributed by atoms with Crippen LogP contribution >= 0.6 is 0 Å². The first-order valence-corrected chi connectivity index (χ1v) is 9.92. The molecule has 1 saturated heterocycles. The highest BCUT2D eigenvalue weighted by molar-refractivity contribution is 7.91. The number of hydrogen-bond acceptors (Lipinski definition) is 4. The van der Waals surface area contributed by atoms with Crippen molar-refractivity contribution in [2.45, 2.75) is 40.2 Å². The van der Waals surface area contributed by atoms with Gasteiger partial charge in [0.15, 0.2) is 9.84 Å². The van der Waals surface area contributed by atoms with Crippen LogP contribution in [0.5, 0.6) is 0 Å². The van der Waals surface area contributed by atoms with E-state index in [4.69, 9.17) is 0 Å². The molecule has 1 atom stereocenters. The van der Waals surface area contributed by atoms with E-state index in [2.05, 4.69) is 29.6 Å². The summed E-state index contributed by atoms with van der Waals surface area (Å²) < 4.78 is 24.7. The minimum atomic E-state index is -2.91. The zero-order valence-corrected chi connectivity index (χ0v) is 14.8. The summed E-state index contributed by atoms with van der Waals surface area (Å²) in [4.78, 5) is 12.0. The van der Waals surface area contributed by atoms with Gasteiger partial charge in [-0.2, -0.15) is 5.10 Å². The fraction of sp³-hybridized carbons (Fsp3) is 0.733. The average molecular weight is 342 g/mol. The number of carbonyl (C=O) groups is 1. The number of rotatable bonds is 6. The van der Waals surface area contributed by atoms with E-state index in [9.17, 15) is 13.2 Å². The van der Waals surface area contributed by atoms with Gasteiger partial charge in [-0.15, -0.1) is 0 Å². The van der Waals surface area contributed by atoms with Crippen LogP contribution < -0.4 is 10.6 Å². The number of hydrogen-bond donors (Lipinski definition) is 2. The predicted octanol–water partition coefficient (Wildman–Crippen LogP) is 1.66. The number of nitrogens with zero attached hydrogens (tertiary/aromatic N) is 2. The molecular weight excluding hydrogens is 316 g/mol. The Kier molecular flexibility index (Phi) is 5.67. The van der Waals surface area contributed by atoms with Gasteiger partial charge in [0.25, 0.3) is 0 Å². The first-order chi connectivity index (χ1) is 10.8. The summed E-state index contributed by atoms with van der Waals surface area (Å²) in [5.74, 6) is 0.883. The highest BCUT2D eigenvalue weighted by Gasteiger charge is 2.28. The smallest absolute Gasteiger partial charge is 0.319 e. The maximum absolute atomic E-state index is 12.0. The van der Waals surface area contributed by atoms with Crippen molar-refractivity contribution in [2.24, 2.45) is 11.8 Å². The summed E-state index contributed by atoms with van der Waals surface area (Å²) in [5.41, 5.74) is 1.71. The molecular formula is C15H26N4O3S. The minimum Gasteiger partial charge on any atom is -0.338 e. The molecule has 0 bridgehead atoms. The van der Waals surface area contributed by atoms with Crippen molar-refractivity contribution in [2.75, 3.05) is 23.4 Å². The molecule has 1 fully saturated rings. The quantitative estimate of drug-likeness (QED) is 0.822. The number of aromatic nitrogens is 2. The van der Waals surface area contributed by atoms with E-state index >= 15 is 0 Å². The van der Waals surface area contributed by atoms with Gasteiger partial charge in [0.1, 0.15) is 0 Å². The summed E-state index contributed by atoms with van der Waals surface area (Å²) in [6.45, 7) is 7.46. The van der Waals surface area contributed by atoms with E-state index in [1.165, 1.54) is 0 Å². The summed E-state index contributed by atoms with van der Waals surface area (Å²) >= 11 is 0. The van der Waals surface area contributed by atoms with Crippen molar-refractivity contribution in [1.82, 2.24) is 15.1 Å². The number of urea groups is 1. The number of nitrogens with one attached hydrogen (secondary N) is 2. The lowest BCUT2D eigenvalue weighted by molar-refractivity contribution is 0.250. The predicted molar refractivity (Wildman–Crippen MR) is 90.2 cm³/mol. The highest BCUT2D eigenvalue weighted by atomic mass is 32.2. The molecule has 0 spiro atoms.